The van der Waals surface area contributed by atoms with Gasteiger partial charge in [0.15, 0.2) is 0 Å². The average Bonchev–Trinajstić information content (AvgIpc) is 2.94. The Morgan fingerprint density at radius 2 is 1.84 bits per heavy atom. The Morgan fingerprint density at radius 1 is 1.07 bits per heavy atom. The maximum Gasteiger partial charge on any atom is 0.416 e. The number of alkyl halides is 3. The number of aryl methyl sites for hydroxylation is 1. The summed E-state index contributed by atoms with van der Waals surface area (Å²) in [6, 6.07) is 10.5. The summed E-state index contributed by atoms with van der Waals surface area (Å²) in [4.78, 5) is 42.1. The van der Waals surface area contributed by atoms with Crippen molar-refractivity contribution in [2.75, 3.05) is 10.6 Å². The summed E-state index contributed by atoms with van der Waals surface area (Å²) in [6.07, 6.45) is -2.08. The highest BCUT2D eigenvalue weighted by Crippen LogP contribution is 2.36. The van der Waals surface area contributed by atoms with E-state index in [2.05, 4.69) is 15.6 Å². The van der Waals surface area contributed by atoms with Gasteiger partial charge < -0.3 is 20.5 Å². The first-order chi connectivity index (χ1) is 20.7. The van der Waals surface area contributed by atoms with Gasteiger partial charge in [0.2, 0.25) is 11.8 Å². The minimum Gasteiger partial charge on any atom is -0.465 e. The van der Waals surface area contributed by atoms with Crippen molar-refractivity contribution in [2.24, 2.45) is 5.92 Å². The maximum absolute atomic E-state index is 13.8. The quantitative estimate of drug-likeness (QED) is 0.282. The number of ether oxygens (including phenoxy) is 1. The number of aromatic nitrogens is 1. The lowest BCUT2D eigenvalue weighted by atomic mass is 9.83. The van der Waals surface area contributed by atoms with E-state index in [-0.39, 0.29) is 23.7 Å². The van der Waals surface area contributed by atoms with E-state index in [9.17, 15) is 32.7 Å². The maximum atomic E-state index is 13.8. The molecule has 9 nitrogen and oxygen atoms in total. The van der Waals surface area contributed by atoms with Crippen molar-refractivity contribution in [3.63, 3.8) is 0 Å². The van der Waals surface area contributed by atoms with Crippen LogP contribution in [-0.4, -0.2) is 38.4 Å². The molecule has 5 rings (SSSR count). The minimum absolute atomic E-state index is 0.0449. The number of nitrogens with zero attached hydrogens (tertiary/aromatic N) is 2. The van der Waals surface area contributed by atoms with E-state index >= 15 is 0 Å². The number of fused-ring (bicyclic) bond motifs is 2. The van der Waals surface area contributed by atoms with Crippen LogP contribution >= 0.6 is 0 Å². The summed E-state index contributed by atoms with van der Waals surface area (Å²) in [5.74, 6) is 0.587. The Kier molecular flexibility index (Phi) is 8.28. The molecule has 3 aromatic rings. The number of carboxylic acid groups (broad SMARTS) is 1. The summed E-state index contributed by atoms with van der Waals surface area (Å²) < 4.78 is 47.4. The zero-order valence-corrected chi connectivity index (χ0v) is 24.5. The first-order valence-electron chi connectivity index (χ1n) is 14.3. The minimum atomic E-state index is -4.69. The van der Waals surface area contributed by atoms with E-state index < -0.39 is 35.2 Å². The lowest BCUT2D eigenvalue weighted by molar-refractivity contribution is -0.137. The molecule has 44 heavy (non-hydrogen) atoms. The summed E-state index contributed by atoms with van der Waals surface area (Å²) >= 11 is 0. The molecule has 0 spiro atoms. The van der Waals surface area contributed by atoms with Crippen molar-refractivity contribution in [3.05, 3.63) is 76.5 Å². The summed E-state index contributed by atoms with van der Waals surface area (Å²) in [6.45, 7) is 4.68. The molecule has 0 radical (unpaired) electrons. The van der Waals surface area contributed by atoms with Crippen LogP contribution in [-0.2, 0) is 41.6 Å². The fourth-order valence-electron chi connectivity index (χ4n) is 5.54. The highest BCUT2D eigenvalue weighted by Gasteiger charge is 2.33. The number of hydrogen-bond acceptors (Lipinski definition) is 5. The second kappa shape index (κ2) is 11.8. The van der Waals surface area contributed by atoms with Crippen LogP contribution in [0.15, 0.2) is 48.7 Å². The monoisotopic (exact) mass is 610 g/mol. The van der Waals surface area contributed by atoms with E-state index in [1.165, 1.54) is 6.07 Å². The average molecular weight is 611 g/mol. The van der Waals surface area contributed by atoms with Crippen molar-refractivity contribution in [3.8, 4) is 11.5 Å². The van der Waals surface area contributed by atoms with Gasteiger partial charge >= 0.3 is 12.3 Å². The van der Waals surface area contributed by atoms with Gasteiger partial charge in [0.25, 0.3) is 0 Å². The van der Waals surface area contributed by atoms with Crippen LogP contribution in [0.5, 0.6) is 11.5 Å². The van der Waals surface area contributed by atoms with E-state index in [1.807, 2.05) is 18.2 Å². The number of carbonyl (C=O) groups is 3. The lowest BCUT2D eigenvalue weighted by Gasteiger charge is -2.33. The highest BCUT2D eigenvalue weighted by atomic mass is 19.4. The molecule has 3 N–H and O–H groups in total. The number of amides is 3. The van der Waals surface area contributed by atoms with Gasteiger partial charge in [0.1, 0.15) is 17.3 Å². The molecule has 2 aliphatic rings. The number of benzene rings is 2. The third-order valence-electron chi connectivity index (χ3n) is 7.85. The van der Waals surface area contributed by atoms with Crippen LogP contribution in [0.2, 0.25) is 0 Å². The molecule has 3 amide bonds. The van der Waals surface area contributed by atoms with Crippen molar-refractivity contribution >= 4 is 29.4 Å². The Balaban J connectivity index is 1.33. The second-order valence-electron chi connectivity index (χ2n) is 12.1. The number of hydrogen-bond donors (Lipinski definition) is 3. The molecule has 2 heterocycles. The van der Waals surface area contributed by atoms with Crippen molar-refractivity contribution < 1.29 is 37.4 Å². The van der Waals surface area contributed by atoms with Crippen LogP contribution in [0.4, 0.5) is 29.5 Å². The Morgan fingerprint density at radius 3 is 2.55 bits per heavy atom. The fourth-order valence-corrected chi connectivity index (χ4v) is 5.54. The molecule has 1 aliphatic heterocycles. The normalized spacial score (nSPS) is 16.3. The largest absolute Gasteiger partial charge is 0.465 e. The Bertz CT molecular complexity index is 1620. The fraction of sp³-hybridized carbons (Fsp3) is 0.375. The standard InChI is InChI=1S/C32H33F3N4O5/c1-31(2,3)39(30(42)43)17-18-12-22(32(33,34)35)16-23(13-18)37-29(41)20-5-4-19-6-7-24(15-21(19)14-20)44-26-10-11-36-28-25(26)8-9-27(40)38-28/h6-7,10-13,15-16,20H,4-5,8-9,14,17H2,1-3H3,(H,37,41)(H,42,43)(H,36,38,40). The van der Waals surface area contributed by atoms with Crippen LogP contribution in [0, 0.1) is 5.92 Å². The topological polar surface area (TPSA) is 121 Å². The van der Waals surface area contributed by atoms with Crippen LogP contribution in [0.3, 0.4) is 0 Å². The number of anilines is 2. The number of rotatable bonds is 6. The van der Waals surface area contributed by atoms with Gasteiger partial charge in [0, 0.05) is 41.9 Å². The van der Waals surface area contributed by atoms with E-state index in [0.29, 0.717) is 49.4 Å². The number of nitrogens with one attached hydrogen (secondary N) is 2. The molecule has 0 saturated carbocycles. The SMILES string of the molecule is CC(C)(C)N(Cc1cc(NC(=O)C2CCc3ccc(Oc4ccnc5c4CCC(=O)N5)cc3C2)cc(C(F)(F)F)c1)C(=O)O. The molecular formula is C32H33F3N4O5. The van der Waals surface area contributed by atoms with Gasteiger partial charge in [-0.25, -0.2) is 9.78 Å². The highest BCUT2D eigenvalue weighted by molar-refractivity contribution is 5.94. The molecule has 1 unspecified atom stereocenters. The summed E-state index contributed by atoms with van der Waals surface area (Å²) in [5, 5.41) is 15.0. The second-order valence-corrected chi connectivity index (χ2v) is 12.1. The molecule has 232 valence electrons. The molecule has 1 aromatic heterocycles. The number of carbonyl (C=O) groups excluding carboxylic acids is 2. The molecule has 0 fully saturated rings. The van der Waals surface area contributed by atoms with Crippen molar-refractivity contribution in [1.82, 2.24) is 9.88 Å². The number of halogens is 3. The van der Waals surface area contributed by atoms with Gasteiger partial charge in [-0.1, -0.05) is 6.07 Å². The predicted molar refractivity (Wildman–Crippen MR) is 157 cm³/mol. The van der Waals surface area contributed by atoms with Gasteiger partial charge in [-0.05, 0) is 99.5 Å². The molecule has 1 atom stereocenters. The Hall–Kier alpha value is -4.61. The van der Waals surface area contributed by atoms with Crippen LogP contribution < -0.4 is 15.4 Å². The molecular weight excluding hydrogens is 577 g/mol. The molecule has 2 aromatic carbocycles. The Labute approximate surface area is 252 Å². The third kappa shape index (κ3) is 6.95. The van der Waals surface area contributed by atoms with Crippen LogP contribution in [0.25, 0.3) is 0 Å². The lowest BCUT2D eigenvalue weighted by Crippen LogP contribution is -2.44. The smallest absolute Gasteiger partial charge is 0.416 e. The van der Waals surface area contributed by atoms with Crippen molar-refractivity contribution in [1.29, 1.82) is 0 Å². The van der Waals surface area contributed by atoms with E-state index in [4.69, 9.17) is 4.74 Å². The van der Waals surface area contributed by atoms with Gasteiger partial charge in [-0.15, -0.1) is 0 Å². The summed E-state index contributed by atoms with van der Waals surface area (Å²) in [7, 11) is 0. The first-order valence-corrected chi connectivity index (χ1v) is 14.3. The third-order valence-corrected chi connectivity index (χ3v) is 7.85. The van der Waals surface area contributed by atoms with Crippen molar-refractivity contribution in [2.45, 2.75) is 71.1 Å². The van der Waals surface area contributed by atoms with E-state index in [1.54, 1.807) is 33.0 Å². The molecule has 0 saturated heterocycles. The molecule has 1 aliphatic carbocycles. The zero-order chi connectivity index (χ0) is 31.8. The first kappa shape index (κ1) is 30.8. The van der Waals surface area contributed by atoms with Gasteiger partial charge in [-0.2, -0.15) is 13.2 Å². The molecule has 12 heteroatoms. The van der Waals surface area contributed by atoms with Gasteiger partial charge in [-0.3, -0.25) is 14.5 Å². The van der Waals surface area contributed by atoms with Gasteiger partial charge in [0.05, 0.1) is 5.56 Å². The van der Waals surface area contributed by atoms with E-state index in [0.717, 1.165) is 33.7 Å². The summed E-state index contributed by atoms with van der Waals surface area (Å²) in [5.41, 5.74) is 1.00. The zero-order valence-electron chi connectivity index (χ0n) is 24.5. The van der Waals surface area contributed by atoms with Crippen LogP contribution in [0.1, 0.15) is 61.4 Å². The predicted octanol–water partition coefficient (Wildman–Crippen LogP) is 6.80. The number of pyridine rings is 1. The molecule has 0 bridgehead atoms.